The molecule has 0 bridgehead atoms. The fourth-order valence-corrected chi connectivity index (χ4v) is 1.82. The zero-order valence-corrected chi connectivity index (χ0v) is 9.75. The summed E-state index contributed by atoms with van der Waals surface area (Å²) in [6, 6.07) is 7.94. The Bertz CT molecular complexity index is 506. The summed E-state index contributed by atoms with van der Waals surface area (Å²) in [5.41, 5.74) is 9.81. The highest BCUT2D eigenvalue weighted by Gasteiger charge is 2.04. The van der Waals surface area contributed by atoms with Gasteiger partial charge in [-0.3, -0.25) is 4.98 Å². The number of nitrogens with one attached hydrogen (secondary N) is 1. The molecule has 0 atom stereocenters. The van der Waals surface area contributed by atoms with E-state index in [4.69, 9.17) is 5.73 Å². The van der Waals surface area contributed by atoms with E-state index >= 15 is 0 Å². The van der Waals surface area contributed by atoms with E-state index in [1.807, 2.05) is 18.2 Å². The summed E-state index contributed by atoms with van der Waals surface area (Å²) in [5, 5.41) is 4.45. The number of rotatable bonds is 3. The summed E-state index contributed by atoms with van der Waals surface area (Å²) >= 11 is 0. The van der Waals surface area contributed by atoms with Crippen molar-refractivity contribution >= 4 is 22.3 Å². The number of fused-ring (bicyclic) bond motifs is 1. The van der Waals surface area contributed by atoms with E-state index < -0.39 is 0 Å². The first kappa shape index (κ1) is 10.7. The van der Waals surface area contributed by atoms with Crippen molar-refractivity contribution in [3.63, 3.8) is 0 Å². The number of nitrogens with two attached hydrogens (primary N) is 1. The summed E-state index contributed by atoms with van der Waals surface area (Å²) < 4.78 is 0. The van der Waals surface area contributed by atoms with E-state index in [9.17, 15) is 0 Å². The lowest BCUT2D eigenvalue weighted by atomic mass is 10.1. The van der Waals surface area contributed by atoms with Gasteiger partial charge in [-0.2, -0.15) is 0 Å². The molecule has 0 saturated heterocycles. The summed E-state index contributed by atoms with van der Waals surface area (Å²) in [5.74, 6) is 0. The zero-order valence-electron chi connectivity index (χ0n) is 9.75. The minimum absolute atomic E-state index is 0.776. The third-order valence-corrected chi connectivity index (χ3v) is 2.62. The minimum atomic E-state index is 0.776. The molecule has 0 aliphatic heterocycles. The Morgan fingerprint density at radius 1 is 1.25 bits per heavy atom. The number of hydrogen-bond donors (Lipinski definition) is 2. The molecule has 1 aromatic carbocycles. The molecule has 0 spiro atoms. The summed E-state index contributed by atoms with van der Waals surface area (Å²) in [4.78, 5) is 4.58. The van der Waals surface area contributed by atoms with Gasteiger partial charge in [0.15, 0.2) is 0 Å². The van der Waals surface area contributed by atoms with E-state index in [0.717, 1.165) is 40.9 Å². The quantitative estimate of drug-likeness (QED) is 0.774. The molecule has 84 valence electrons. The van der Waals surface area contributed by atoms with Crippen molar-refractivity contribution in [1.82, 2.24) is 4.98 Å². The smallest absolute Gasteiger partial charge is 0.0727 e. The number of nitrogen functional groups attached to an aromatic ring is 1. The second-order valence-electron chi connectivity index (χ2n) is 3.82. The van der Waals surface area contributed by atoms with Gasteiger partial charge in [-0.25, -0.2) is 0 Å². The normalized spacial score (nSPS) is 10.6. The molecule has 16 heavy (non-hydrogen) atoms. The molecule has 0 aliphatic carbocycles. The molecule has 1 heterocycles. The summed E-state index contributed by atoms with van der Waals surface area (Å²) in [6.45, 7) is 5.10. The second kappa shape index (κ2) is 4.39. The number of hydrogen-bond acceptors (Lipinski definition) is 3. The average molecular weight is 215 g/mol. The largest absolute Gasteiger partial charge is 0.399 e. The van der Waals surface area contributed by atoms with Gasteiger partial charge in [0.25, 0.3) is 0 Å². The molecule has 3 N–H and O–H groups in total. The Labute approximate surface area is 95.7 Å². The lowest BCUT2D eigenvalue weighted by molar-refractivity contribution is 1.05. The van der Waals surface area contributed by atoms with Crippen LogP contribution in [0.1, 0.15) is 19.5 Å². The predicted octanol–water partition coefficient (Wildman–Crippen LogP) is 2.81. The van der Waals surface area contributed by atoms with Gasteiger partial charge < -0.3 is 11.1 Å². The van der Waals surface area contributed by atoms with Crippen molar-refractivity contribution in [1.29, 1.82) is 0 Å². The van der Waals surface area contributed by atoms with Crippen molar-refractivity contribution in [3.05, 3.63) is 30.0 Å². The number of anilines is 2. The van der Waals surface area contributed by atoms with E-state index in [0.29, 0.717) is 0 Å². The highest BCUT2D eigenvalue weighted by atomic mass is 14.9. The van der Waals surface area contributed by atoms with Crippen LogP contribution in [-0.2, 0) is 6.42 Å². The molecule has 3 nitrogen and oxygen atoms in total. The Balaban J connectivity index is 2.66. The molecule has 2 rings (SSSR count). The van der Waals surface area contributed by atoms with Crippen LogP contribution >= 0.6 is 0 Å². The maximum atomic E-state index is 5.80. The molecule has 0 amide bonds. The maximum absolute atomic E-state index is 5.80. The Morgan fingerprint density at radius 2 is 2.06 bits per heavy atom. The zero-order chi connectivity index (χ0) is 11.5. The number of aromatic nitrogens is 1. The standard InChI is InChI=1S/C13H17N3/c1-3-10-8-13(15-4-2)11-7-9(14)5-6-12(11)16-10/h5-8H,3-4,14H2,1-2H3,(H,15,16). The van der Waals surface area contributed by atoms with Crippen molar-refractivity contribution in [3.8, 4) is 0 Å². The maximum Gasteiger partial charge on any atom is 0.0727 e. The van der Waals surface area contributed by atoms with Crippen LogP contribution in [0.3, 0.4) is 0 Å². The molecular weight excluding hydrogens is 198 g/mol. The third-order valence-electron chi connectivity index (χ3n) is 2.62. The van der Waals surface area contributed by atoms with Crippen molar-refractivity contribution in [2.45, 2.75) is 20.3 Å². The summed E-state index contributed by atoms with van der Waals surface area (Å²) in [7, 11) is 0. The summed E-state index contributed by atoms with van der Waals surface area (Å²) in [6.07, 6.45) is 0.943. The molecular formula is C13H17N3. The number of pyridine rings is 1. The number of nitrogens with zero attached hydrogens (tertiary/aromatic N) is 1. The van der Waals surface area contributed by atoms with Crippen LogP contribution in [0.25, 0.3) is 10.9 Å². The van der Waals surface area contributed by atoms with E-state index in [2.05, 4.69) is 30.2 Å². The van der Waals surface area contributed by atoms with Gasteiger partial charge in [0.05, 0.1) is 5.52 Å². The number of aryl methyl sites for hydroxylation is 1. The van der Waals surface area contributed by atoms with Crippen LogP contribution in [-0.4, -0.2) is 11.5 Å². The van der Waals surface area contributed by atoms with Gasteiger partial charge in [-0.05, 0) is 37.6 Å². The van der Waals surface area contributed by atoms with Gasteiger partial charge in [0, 0.05) is 29.0 Å². The molecule has 0 radical (unpaired) electrons. The molecule has 3 heteroatoms. The third kappa shape index (κ3) is 1.94. The Hall–Kier alpha value is -1.77. The molecule has 0 saturated carbocycles. The highest BCUT2D eigenvalue weighted by Crippen LogP contribution is 2.25. The van der Waals surface area contributed by atoms with Crippen LogP contribution in [0, 0.1) is 0 Å². The lowest BCUT2D eigenvalue weighted by Gasteiger charge is -2.10. The van der Waals surface area contributed by atoms with Gasteiger partial charge in [-0.15, -0.1) is 0 Å². The van der Waals surface area contributed by atoms with Crippen LogP contribution in [0.4, 0.5) is 11.4 Å². The fourth-order valence-electron chi connectivity index (χ4n) is 1.82. The van der Waals surface area contributed by atoms with E-state index in [1.165, 1.54) is 0 Å². The monoisotopic (exact) mass is 215 g/mol. The van der Waals surface area contributed by atoms with Crippen LogP contribution in [0.15, 0.2) is 24.3 Å². The predicted molar refractivity (Wildman–Crippen MR) is 69.7 cm³/mol. The van der Waals surface area contributed by atoms with Crippen molar-refractivity contribution < 1.29 is 0 Å². The van der Waals surface area contributed by atoms with Crippen LogP contribution < -0.4 is 11.1 Å². The average Bonchev–Trinajstić information content (AvgIpc) is 2.30. The van der Waals surface area contributed by atoms with Gasteiger partial charge in [0.1, 0.15) is 0 Å². The molecule has 0 fully saturated rings. The van der Waals surface area contributed by atoms with Gasteiger partial charge in [-0.1, -0.05) is 6.92 Å². The molecule has 0 unspecified atom stereocenters. The highest BCUT2D eigenvalue weighted by molar-refractivity contribution is 5.93. The van der Waals surface area contributed by atoms with Gasteiger partial charge >= 0.3 is 0 Å². The molecule has 1 aromatic heterocycles. The van der Waals surface area contributed by atoms with Gasteiger partial charge in [0.2, 0.25) is 0 Å². The first-order valence-electron chi connectivity index (χ1n) is 5.67. The second-order valence-corrected chi connectivity index (χ2v) is 3.82. The fraction of sp³-hybridized carbons (Fsp3) is 0.308. The van der Waals surface area contributed by atoms with Crippen molar-refractivity contribution in [2.75, 3.05) is 17.6 Å². The lowest BCUT2D eigenvalue weighted by Crippen LogP contribution is -2.00. The van der Waals surface area contributed by atoms with Crippen LogP contribution in [0.5, 0.6) is 0 Å². The first-order chi connectivity index (χ1) is 7.74. The van der Waals surface area contributed by atoms with Crippen LogP contribution in [0.2, 0.25) is 0 Å². The Morgan fingerprint density at radius 3 is 2.75 bits per heavy atom. The first-order valence-corrected chi connectivity index (χ1v) is 5.67. The Kier molecular flexibility index (Phi) is 2.95. The van der Waals surface area contributed by atoms with E-state index in [-0.39, 0.29) is 0 Å². The topological polar surface area (TPSA) is 50.9 Å². The molecule has 2 aromatic rings. The SMILES string of the molecule is CCNc1cc(CC)nc2ccc(N)cc12. The molecule has 0 aliphatic rings. The number of benzene rings is 1. The minimum Gasteiger partial charge on any atom is -0.399 e. The van der Waals surface area contributed by atoms with E-state index in [1.54, 1.807) is 0 Å². The van der Waals surface area contributed by atoms with Crippen molar-refractivity contribution in [2.24, 2.45) is 0 Å².